The van der Waals surface area contributed by atoms with Crippen LogP contribution in [0, 0.1) is 12.7 Å². The van der Waals surface area contributed by atoms with Gasteiger partial charge in [0.1, 0.15) is 16.7 Å². The number of aryl methyl sites for hydroxylation is 1. The number of thioether (sulfide) groups is 1. The Labute approximate surface area is 148 Å². The second kappa shape index (κ2) is 7.07. The lowest BCUT2D eigenvalue weighted by Gasteiger charge is -2.31. The number of hydrogen-bond acceptors (Lipinski definition) is 5. The molecule has 1 aromatic carbocycles. The third-order valence-corrected chi connectivity index (χ3v) is 6.02. The summed E-state index contributed by atoms with van der Waals surface area (Å²) in [6.45, 7) is 7.08. The van der Waals surface area contributed by atoms with Crippen molar-refractivity contribution in [3.8, 4) is 0 Å². The molecular weight excluding hydrogens is 343 g/mol. The fourth-order valence-corrected chi connectivity index (χ4v) is 4.95. The third kappa shape index (κ3) is 3.39. The van der Waals surface area contributed by atoms with E-state index in [1.807, 2.05) is 0 Å². The fourth-order valence-electron chi connectivity index (χ4n) is 2.74. The number of rotatable bonds is 5. The highest BCUT2D eigenvalue weighted by molar-refractivity contribution is 8.08. The summed E-state index contributed by atoms with van der Waals surface area (Å²) < 4.78 is 14.0. The molecule has 0 amide bonds. The molecular formula is C18H19FN2OS2. The van der Waals surface area contributed by atoms with Gasteiger partial charge < -0.3 is 4.90 Å². The molecule has 0 saturated heterocycles. The molecule has 0 N–H and O–H groups in total. The Morgan fingerprint density at radius 1 is 1.38 bits per heavy atom. The van der Waals surface area contributed by atoms with Crippen molar-refractivity contribution < 1.29 is 9.18 Å². The second-order valence-corrected chi connectivity index (χ2v) is 7.85. The number of Topliss-reactive ketones (excluding diaryl/α,β-unsaturated/α-hetero) is 1. The number of nitrogens with zero attached hydrogens (tertiary/aromatic N) is 2. The van der Waals surface area contributed by atoms with Gasteiger partial charge in [-0.25, -0.2) is 9.38 Å². The lowest BCUT2D eigenvalue weighted by Crippen LogP contribution is -2.42. The zero-order valence-electron chi connectivity index (χ0n) is 13.9. The van der Waals surface area contributed by atoms with Crippen molar-refractivity contribution in [1.29, 1.82) is 0 Å². The molecule has 1 atom stereocenters. The lowest BCUT2D eigenvalue weighted by atomic mass is 10.1. The van der Waals surface area contributed by atoms with E-state index in [-0.39, 0.29) is 17.8 Å². The summed E-state index contributed by atoms with van der Waals surface area (Å²) in [5.41, 5.74) is 0.544. The number of carbonyl (C=O) groups excluding carboxylic acids is 1. The minimum Gasteiger partial charge on any atom is -0.344 e. The molecule has 3 nitrogen and oxygen atoms in total. The van der Waals surface area contributed by atoms with Crippen molar-refractivity contribution in [2.75, 3.05) is 12.3 Å². The highest BCUT2D eigenvalue weighted by Crippen LogP contribution is 2.26. The largest absolute Gasteiger partial charge is 0.344 e. The standard InChI is InChI=1S/C18H19FN2OS2/c1-4-21-12(3)20-17-15(9-11(2)24-17)18(21)23-10-16(22)13-5-7-14(19)8-6-13/h5-9,12H,4,10H2,1-3H3/t12-/m1/s1. The molecule has 1 aromatic heterocycles. The molecule has 0 unspecified atom stereocenters. The Bertz CT molecular complexity index is 873. The first-order chi connectivity index (χ1) is 11.5. The second-order valence-electron chi connectivity index (χ2n) is 5.65. The number of ketones is 1. The highest BCUT2D eigenvalue weighted by Gasteiger charge is 2.22. The van der Waals surface area contributed by atoms with Crippen molar-refractivity contribution in [3.63, 3.8) is 0 Å². The van der Waals surface area contributed by atoms with Gasteiger partial charge in [0.25, 0.3) is 0 Å². The van der Waals surface area contributed by atoms with Crippen LogP contribution >= 0.6 is 23.1 Å². The van der Waals surface area contributed by atoms with Crippen LogP contribution < -0.4 is 9.89 Å². The molecule has 1 aliphatic heterocycles. The Morgan fingerprint density at radius 3 is 2.75 bits per heavy atom. The average Bonchev–Trinajstić information content (AvgIpc) is 2.92. The van der Waals surface area contributed by atoms with Crippen LogP contribution in [-0.2, 0) is 0 Å². The summed E-state index contributed by atoms with van der Waals surface area (Å²) in [6, 6.07) is 7.87. The molecule has 6 heteroatoms. The summed E-state index contributed by atoms with van der Waals surface area (Å²) in [6.07, 6.45) is 0.0731. The topological polar surface area (TPSA) is 32.7 Å². The SMILES string of the molecule is CCN1C(SCC(=O)c2ccc(F)cc2)=c2cc(C)sc2=N[C@H]1C. The molecule has 2 aromatic rings. The Kier molecular flexibility index (Phi) is 5.06. The lowest BCUT2D eigenvalue weighted by molar-refractivity contribution is 0.102. The van der Waals surface area contributed by atoms with Gasteiger partial charge in [-0.15, -0.1) is 11.3 Å². The van der Waals surface area contributed by atoms with E-state index in [1.165, 1.54) is 17.0 Å². The quantitative estimate of drug-likeness (QED) is 0.766. The van der Waals surface area contributed by atoms with Crippen LogP contribution in [0.2, 0.25) is 0 Å². The number of carbonyl (C=O) groups is 1. The normalized spacial score (nSPS) is 16.8. The van der Waals surface area contributed by atoms with E-state index in [0.717, 1.165) is 21.5 Å². The first kappa shape index (κ1) is 17.2. The van der Waals surface area contributed by atoms with Crippen LogP contribution in [0.25, 0.3) is 5.03 Å². The molecule has 0 fully saturated rings. The molecule has 0 bridgehead atoms. The van der Waals surface area contributed by atoms with Crippen molar-refractivity contribution >= 4 is 33.9 Å². The fraction of sp³-hybridized carbons (Fsp3) is 0.333. The van der Waals surface area contributed by atoms with Gasteiger partial charge in [-0.2, -0.15) is 0 Å². The summed E-state index contributed by atoms with van der Waals surface area (Å²) in [4.78, 5) is 20.6. The number of hydrogen-bond donors (Lipinski definition) is 0. The van der Waals surface area contributed by atoms with Gasteiger partial charge in [0.05, 0.1) is 10.8 Å². The summed E-state index contributed by atoms with van der Waals surface area (Å²) in [5, 5.41) is 2.23. The molecule has 3 rings (SSSR count). The Morgan fingerprint density at radius 2 is 2.08 bits per heavy atom. The summed E-state index contributed by atoms with van der Waals surface area (Å²) in [5.74, 6) is 0.0116. The smallest absolute Gasteiger partial charge is 0.173 e. The Hall–Kier alpha value is -1.66. The third-order valence-electron chi connectivity index (χ3n) is 3.93. The first-order valence-corrected chi connectivity index (χ1v) is 9.66. The van der Waals surface area contributed by atoms with E-state index in [9.17, 15) is 9.18 Å². The summed E-state index contributed by atoms with van der Waals surface area (Å²) >= 11 is 3.23. The van der Waals surface area contributed by atoms with Crippen molar-refractivity contribution in [2.24, 2.45) is 4.99 Å². The van der Waals surface area contributed by atoms with Gasteiger partial charge >= 0.3 is 0 Å². The van der Waals surface area contributed by atoms with Crippen LogP contribution in [0.5, 0.6) is 0 Å². The molecule has 0 spiro atoms. The maximum Gasteiger partial charge on any atom is 0.173 e. The van der Waals surface area contributed by atoms with Crippen LogP contribution in [0.3, 0.4) is 0 Å². The van der Waals surface area contributed by atoms with Crippen molar-refractivity contribution in [2.45, 2.75) is 26.9 Å². The van der Waals surface area contributed by atoms with Gasteiger partial charge in [0.2, 0.25) is 0 Å². The van der Waals surface area contributed by atoms with Crippen LogP contribution in [0.15, 0.2) is 35.3 Å². The van der Waals surface area contributed by atoms with Gasteiger partial charge in [-0.1, -0.05) is 11.8 Å². The van der Waals surface area contributed by atoms with Gasteiger partial charge in [-0.05, 0) is 51.1 Å². The molecule has 126 valence electrons. The highest BCUT2D eigenvalue weighted by atomic mass is 32.2. The molecule has 0 radical (unpaired) electrons. The predicted octanol–water partition coefficient (Wildman–Crippen LogP) is 3.18. The Balaban J connectivity index is 1.88. The van der Waals surface area contributed by atoms with Gasteiger partial charge in [0.15, 0.2) is 5.78 Å². The maximum absolute atomic E-state index is 13.0. The van der Waals surface area contributed by atoms with Gasteiger partial charge in [0, 0.05) is 22.2 Å². The minimum atomic E-state index is -0.327. The van der Waals surface area contributed by atoms with E-state index in [1.54, 1.807) is 35.2 Å². The van der Waals surface area contributed by atoms with Crippen LogP contribution in [-0.4, -0.2) is 29.1 Å². The minimum absolute atomic E-state index is 0.00669. The van der Waals surface area contributed by atoms with E-state index in [4.69, 9.17) is 4.99 Å². The number of benzene rings is 1. The summed E-state index contributed by atoms with van der Waals surface area (Å²) in [7, 11) is 0. The monoisotopic (exact) mass is 362 g/mol. The zero-order chi connectivity index (χ0) is 17.3. The molecule has 1 aliphatic rings. The first-order valence-electron chi connectivity index (χ1n) is 7.86. The van der Waals surface area contributed by atoms with E-state index in [0.29, 0.717) is 11.3 Å². The molecule has 0 aliphatic carbocycles. The van der Waals surface area contributed by atoms with Crippen LogP contribution in [0.4, 0.5) is 4.39 Å². The average molecular weight is 362 g/mol. The zero-order valence-corrected chi connectivity index (χ0v) is 15.5. The predicted molar refractivity (Wildman–Crippen MR) is 98.3 cm³/mol. The number of halogens is 1. The van der Waals surface area contributed by atoms with Gasteiger partial charge in [-0.3, -0.25) is 4.79 Å². The van der Waals surface area contributed by atoms with E-state index in [2.05, 4.69) is 31.7 Å². The molecule has 24 heavy (non-hydrogen) atoms. The maximum atomic E-state index is 13.0. The molecule has 2 heterocycles. The van der Waals surface area contributed by atoms with Crippen molar-refractivity contribution in [1.82, 2.24) is 4.90 Å². The van der Waals surface area contributed by atoms with Crippen molar-refractivity contribution in [3.05, 3.63) is 56.5 Å². The number of thiophene rings is 1. The van der Waals surface area contributed by atoms with E-state index >= 15 is 0 Å². The molecule has 0 saturated carbocycles. The van der Waals surface area contributed by atoms with Crippen LogP contribution in [0.1, 0.15) is 29.1 Å². The van der Waals surface area contributed by atoms with E-state index < -0.39 is 0 Å². The number of fused-ring (bicyclic) bond motifs is 1.